The Morgan fingerprint density at radius 2 is 1.73 bits per heavy atom. The zero-order chi connectivity index (χ0) is 15.7. The number of hydrogen-bond acceptors (Lipinski definition) is 3. The van der Waals surface area contributed by atoms with Gasteiger partial charge in [-0.15, -0.1) is 0 Å². The van der Waals surface area contributed by atoms with Gasteiger partial charge in [0.25, 0.3) is 5.91 Å². The highest BCUT2D eigenvalue weighted by molar-refractivity contribution is 6.37. The molecule has 0 N–H and O–H groups in total. The molecule has 0 aromatic carbocycles. The van der Waals surface area contributed by atoms with Gasteiger partial charge in [-0.05, 0) is 49.4 Å². The van der Waals surface area contributed by atoms with Gasteiger partial charge < -0.3 is 9.80 Å². The number of allylic oxidation sites excluding steroid dienone is 1. The van der Waals surface area contributed by atoms with Crippen LogP contribution in [0.15, 0.2) is 36.5 Å². The molecule has 0 aromatic rings. The first-order valence-corrected chi connectivity index (χ1v) is 8.16. The Morgan fingerprint density at radius 3 is 2.27 bits per heavy atom. The van der Waals surface area contributed by atoms with Crippen LogP contribution in [0, 0.1) is 11.8 Å². The Bertz CT molecular complexity index is 541. The molecular formula is C18H24N2O2. The summed E-state index contributed by atoms with van der Waals surface area (Å²) in [6, 6.07) is 0. The first kappa shape index (κ1) is 15.2. The van der Waals surface area contributed by atoms with Crippen molar-refractivity contribution in [3.05, 3.63) is 36.5 Å². The largest absolute Gasteiger partial charge is 0.331 e. The topological polar surface area (TPSA) is 40.6 Å². The summed E-state index contributed by atoms with van der Waals surface area (Å²) in [6.07, 6.45) is 6.47. The molecule has 0 radical (unpaired) electrons. The van der Waals surface area contributed by atoms with Gasteiger partial charge in [-0.3, -0.25) is 9.59 Å². The maximum Gasteiger partial charge on any atom is 0.290 e. The number of piperidine rings is 3. The molecule has 2 bridgehead atoms. The zero-order valence-electron chi connectivity index (χ0n) is 13.1. The van der Waals surface area contributed by atoms with E-state index in [0.717, 1.165) is 50.0 Å². The number of ketones is 1. The number of hydrogen-bond donors (Lipinski definition) is 0. The van der Waals surface area contributed by atoms with Gasteiger partial charge in [0, 0.05) is 25.6 Å². The number of carbonyl (C=O) groups excluding carboxylic acids is 2. The van der Waals surface area contributed by atoms with Gasteiger partial charge in [0.05, 0.1) is 0 Å². The van der Waals surface area contributed by atoms with E-state index in [2.05, 4.69) is 18.1 Å². The third-order valence-electron chi connectivity index (χ3n) is 5.41. The maximum absolute atomic E-state index is 12.7. The summed E-state index contributed by atoms with van der Waals surface area (Å²) >= 11 is 0. The fourth-order valence-corrected chi connectivity index (χ4v) is 3.98. The van der Waals surface area contributed by atoms with Gasteiger partial charge in [-0.25, -0.2) is 0 Å². The highest BCUT2D eigenvalue weighted by Crippen LogP contribution is 2.33. The van der Waals surface area contributed by atoms with Crippen molar-refractivity contribution in [2.75, 3.05) is 32.7 Å². The third-order valence-corrected chi connectivity index (χ3v) is 5.41. The van der Waals surface area contributed by atoms with Gasteiger partial charge in [0.1, 0.15) is 0 Å². The summed E-state index contributed by atoms with van der Waals surface area (Å²) in [6.45, 7) is 11.6. The smallest absolute Gasteiger partial charge is 0.290 e. The van der Waals surface area contributed by atoms with Crippen molar-refractivity contribution >= 4 is 11.7 Å². The summed E-state index contributed by atoms with van der Waals surface area (Å²) in [4.78, 5) is 29.3. The van der Waals surface area contributed by atoms with Crippen LogP contribution in [-0.4, -0.2) is 54.2 Å². The fourth-order valence-electron chi connectivity index (χ4n) is 3.98. The SMILES string of the molecule is C=CC1=C(C=C)CN(C(=O)C(=O)C2CN3CCC2CC3)CC1. The van der Waals surface area contributed by atoms with Crippen molar-refractivity contribution in [2.24, 2.45) is 11.8 Å². The standard InChI is InChI=1S/C18H24N2O2/c1-3-13-7-10-20(11-14(13)4-2)18(22)17(21)16-12-19-8-5-15(16)6-9-19/h3-4,15-16H,1-2,5-12H2. The second-order valence-electron chi connectivity index (χ2n) is 6.54. The van der Waals surface area contributed by atoms with Gasteiger partial charge in [0.2, 0.25) is 5.78 Å². The molecular weight excluding hydrogens is 276 g/mol. The summed E-state index contributed by atoms with van der Waals surface area (Å²) in [5.74, 6) is -0.169. The molecule has 1 amide bonds. The predicted octanol–water partition coefficient (Wildman–Crippen LogP) is 1.80. The molecule has 4 aliphatic rings. The van der Waals surface area contributed by atoms with Crippen LogP contribution in [0.2, 0.25) is 0 Å². The molecule has 4 heteroatoms. The van der Waals surface area contributed by atoms with Gasteiger partial charge in [0.15, 0.2) is 0 Å². The van der Waals surface area contributed by atoms with Crippen LogP contribution in [0.5, 0.6) is 0 Å². The van der Waals surface area contributed by atoms with Crippen LogP contribution in [0.25, 0.3) is 0 Å². The number of carbonyl (C=O) groups is 2. The molecule has 1 unspecified atom stereocenters. The van der Waals surface area contributed by atoms with Crippen LogP contribution < -0.4 is 0 Å². The minimum absolute atomic E-state index is 0.0908. The number of amides is 1. The molecule has 118 valence electrons. The molecule has 4 rings (SSSR count). The monoisotopic (exact) mass is 300 g/mol. The molecule has 3 fully saturated rings. The van der Waals surface area contributed by atoms with Gasteiger partial charge in [-0.2, -0.15) is 0 Å². The van der Waals surface area contributed by atoms with E-state index in [1.54, 1.807) is 11.0 Å². The minimum atomic E-state index is -0.304. The van der Waals surface area contributed by atoms with Crippen LogP contribution >= 0.6 is 0 Å². The van der Waals surface area contributed by atoms with Crippen molar-refractivity contribution in [1.82, 2.24) is 9.80 Å². The number of rotatable bonds is 4. The molecule has 0 saturated carbocycles. The molecule has 22 heavy (non-hydrogen) atoms. The molecule has 3 saturated heterocycles. The Hall–Kier alpha value is -1.68. The van der Waals surface area contributed by atoms with Crippen molar-refractivity contribution in [3.63, 3.8) is 0 Å². The quantitative estimate of drug-likeness (QED) is 0.743. The molecule has 4 aliphatic heterocycles. The van der Waals surface area contributed by atoms with Gasteiger partial charge in [-0.1, -0.05) is 25.3 Å². The van der Waals surface area contributed by atoms with E-state index >= 15 is 0 Å². The van der Waals surface area contributed by atoms with Crippen molar-refractivity contribution < 1.29 is 9.59 Å². The first-order chi connectivity index (χ1) is 10.6. The molecule has 0 aliphatic carbocycles. The summed E-state index contributed by atoms with van der Waals surface area (Å²) < 4.78 is 0. The lowest BCUT2D eigenvalue weighted by molar-refractivity contribution is -0.149. The van der Waals surface area contributed by atoms with E-state index in [4.69, 9.17) is 0 Å². The van der Waals surface area contributed by atoms with Crippen LogP contribution in [-0.2, 0) is 9.59 Å². The maximum atomic E-state index is 12.7. The van der Waals surface area contributed by atoms with E-state index in [1.165, 1.54) is 0 Å². The summed E-state index contributed by atoms with van der Waals surface area (Å²) in [5.41, 5.74) is 2.14. The van der Waals surface area contributed by atoms with E-state index in [-0.39, 0.29) is 17.6 Å². The molecule has 0 aromatic heterocycles. The van der Waals surface area contributed by atoms with E-state index in [9.17, 15) is 9.59 Å². The second-order valence-corrected chi connectivity index (χ2v) is 6.54. The summed E-state index contributed by atoms with van der Waals surface area (Å²) in [7, 11) is 0. The highest BCUT2D eigenvalue weighted by atomic mass is 16.2. The second kappa shape index (κ2) is 6.21. The molecule has 1 atom stereocenters. The Balaban J connectivity index is 1.69. The fraction of sp³-hybridized carbons (Fsp3) is 0.556. The molecule has 0 spiro atoms. The third kappa shape index (κ3) is 2.68. The predicted molar refractivity (Wildman–Crippen MR) is 86.3 cm³/mol. The average molecular weight is 300 g/mol. The zero-order valence-corrected chi connectivity index (χ0v) is 13.1. The molecule has 4 nitrogen and oxygen atoms in total. The van der Waals surface area contributed by atoms with Crippen molar-refractivity contribution in [1.29, 1.82) is 0 Å². The summed E-state index contributed by atoms with van der Waals surface area (Å²) in [5, 5.41) is 0. The molecule has 4 heterocycles. The lowest BCUT2D eigenvalue weighted by Gasteiger charge is -2.44. The Morgan fingerprint density at radius 1 is 1.05 bits per heavy atom. The average Bonchev–Trinajstić information content (AvgIpc) is 2.60. The van der Waals surface area contributed by atoms with Crippen LogP contribution in [0.3, 0.4) is 0 Å². The lowest BCUT2D eigenvalue weighted by atomic mass is 9.76. The van der Waals surface area contributed by atoms with Crippen molar-refractivity contribution in [3.8, 4) is 0 Å². The number of Topliss-reactive ketones (excluding diaryl/α,β-unsaturated/α-hetero) is 1. The number of fused-ring (bicyclic) bond motifs is 3. The Kier molecular flexibility index (Phi) is 4.30. The lowest BCUT2D eigenvalue weighted by Crippen LogP contribution is -2.53. The normalized spacial score (nSPS) is 31.1. The first-order valence-electron chi connectivity index (χ1n) is 8.16. The number of nitrogens with zero attached hydrogens (tertiary/aromatic N) is 2. The Labute approximate surface area is 132 Å². The minimum Gasteiger partial charge on any atom is -0.331 e. The van der Waals surface area contributed by atoms with Crippen LogP contribution in [0.4, 0.5) is 0 Å². The van der Waals surface area contributed by atoms with Crippen molar-refractivity contribution in [2.45, 2.75) is 19.3 Å². The van der Waals surface area contributed by atoms with E-state index in [0.29, 0.717) is 19.0 Å². The van der Waals surface area contributed by atoms with Gasteiger partial charge >= 0.3 is 0 Å². The van der Waals surface area contributed by atoms with E-state index in [1.807, 2.05) is 6.08 Å². The van der Waals surface area contributed by atoms with E-state index < -0.39 is 0 Å². The highest BCUT2D eigenvalue weighted by Gasteiger charge is 2.41. The van der Waals surface area contributed by atoms with Crippen LogP contribution in [0.1, 0.15) is 19.3 Å².